The van der Waals surface area contributed by atoms with Crippen LogP contribution in [0.4, 0.5) is 0 Å². The van der Waals surface area contributed by atoms with Gasteiger partial charge in [0.2, 0.25) is 0 Å². The molecule has 0 fully saturated rings. The van der Waals surface area contributed by atoms with E-state index in [1.165, 1.54) is 5.57 Å². The minimum Gasteiger partial charge on any atom is -0.497 e. The second kappa shape index (κ2) is 16.6. The van der Waals surface area contributed by atoms with Gasteiger partial charge in [0.1, 0.15) is 48.1 Å². The number of ether oxygens (including phenoxy) is 7. The first-order valence-corrected chi connectivity index (χ1v) is 16.7. The molecule has 2 aromatic carbocycles. The molecule has 2 aliphatic rings. The Labute approximate surface area is 281 Å². The molecule has 0 aliphatic heterocycles. The minimum atomic E-state index is -0.679. The van der Waals surface area contributed by atoms with E-state index in [-0.39, 0.29) is 30.7 Å². The highest BCUT2D eigenvalue weighted by Crippen LogP contribution is 2.45. The van der Waals surface area contributed by atoms with E-state index in [1.807, 2.05) is 81.5 Å². The number of hydrogen-bond donors (Lipinski definition) is 0. The fourth-order valence-corrected chi connectivity index (χ4v) is 6.61. The van der Waals surface area contributed by atoms with Crippen LogP contribution in [0.15, 0.2) is 72.3 Å². The number of carbonyl (C=O) groups excluding carboxylic acids is 1. The van der Waals surface area contributed by atoms with Crippen molar-refractivity contribution in [3.8, 4) is 23.0 Å². The van der Waals surface area contributed by atoms with Gasteiger partial charge in [-0.15, -0.1) is 0 Å². The number of carbonyl (C=O) groups is 1. The molecule has 0 saturated carbocycles. The summed E-state index contributed by atoms with van der Waals surface area (Å²) < 4.78 is 42.4. The molecule has 0 radical (unpaired) electrons. The summed E-state index contributed by atoms with van der Waals surface area (Å²) in [5, 5.41) is 0. The lowest BCUT2D eigenvalue weighted by molar-refractivity contribution is -0.164. The predicted molar refractivity (Wildman–Crippen MR) is 183 cm³/mol. The van der Waals surface area contributed by atoms with E-state index in [0.29, 0.717) is 36.2 Å². The van der Waals surface area contributed by atoms with E-state index in [2.05, 4.69) is 26.8 Å². The van der Waals surface area contributed by atoms with Gasteiger partial charge in [0, 0.05) is 7.11 Å². The molecule has 0 bridgehead atoms. The van der Waals surface area contributed by atoms with Gasteiger partial charge in [-0.2, -0.15) is 0 Å². The molecule has 0 amide bonds. The van der Waals surface area contributed by atoms with Crippen molar-refractivity contribution in [2.24, 2.45) is 29.1 Å². The van der Waals surface area contributed by atoms with Gasteiger partial charge in [-0.1, -0.05) is 25.5 Å². The van der Waals surface area contributed by atoms with Crippen LogP contribution in [0.2, 0.25) is 0 Å². The Morgan fingerprint density at radius 3 is 1.77 bits per heavy atom. The molecule has 2 aromatic rings. The summed E-state index contributed by atoms with van der Waals surface area (Å²) in [6.45, 7) is 12.6. The third-order valence-corrected chi connectivity index (χ3v) is 9.37. The Morgan fingerprint density at radius 1 is 0.787 bits per heavy atom. The molecular formula is C39H54O8. The highest BCUT2D eigenvalue weighted by Gasteiger charge is 2.43. The second-order valence-corrected chi connectivity index (χ2v) is 14.0. The third-order valence-electron chi connectivity index (χ3n) is 9.37. The number of allylic oxidation sites excluding steroid dienone is 2. The van der Waals surface area contributed by atoms with Gasteiger partial charge in [0.15, 0.2) is 6.10 Å². The summed E-state index contributed by atoms with van der Waals surface area (Å²) in [7, 11) is 4.90. The highest BCUT2D eigenvalue weighted by atomic mass is 16.7. The van der Waals surface area contributed by atoms with Gasteiger partial charge >= 0.3 is 5.97 Å². The Kier molecular flexibility index (Phi) is 12.8. The largest absolute Gasteiger partial charge is 0.497 e. The Bertz CT molecular complexity index is 1320. The van der Waals surface area contributed by atoms with E-state index in [9.17, 15) is 4.79 Å². The van der Waals surface area contributed by atoms with Crippen molar-refractivity contribution >= 4 is 5.97 Å². The molecule has 47 heavy (non-hydrogen) atoms. The molecule has 2 aliphatic carbocycles. The van der Waals surface area contributed by atoms with Crippen LogP contribution in [0.25, 0.3) is 0 Å². The SMILES string of the molecule is COCO[C@H]1C[C@H]2C(C)=CC[C@H](C(C)C)[C@H]2C[C@@H](OC(=O)C(C)(C)C)[C@@H](Oc2ccc(OC)cc2)/C=C/[C@H]1Oc1ccc(OC)cc1. The van der Waals surface area contributed by atoms with Crippen molar-refractivity contribution in [3.05, 3.63) is 72.3 Å². The lowest BCUT2D eigenvalue weighted by Crippen LogP contribution is -2.45. The Morgan fingerprint density at radius 2 is 1.30 bits per heavy atom. The summed E-state index contributed by atoms with van der Waals surface area (Å²) >= 11 is 0. The van der Waals surface area contributed by atoms with Gasteiger partial charge in [0.25, 0.3) is 0 Å². The van der Waals surface area contributed by atoms with Crippen molar-refractivity contribution in [3.63, 3.8) is 0 Å². The average molecular weight is 651 g/mol. The lowest BCUT2D eigenvalue weighted by atomic mass is 9.64. The second-order valence-electron chi connectivity index (χ2n) is 14.0. The zero-order chi connectivity index (χ0) is 34.1. The van der Waals surface area contributed by atoms with Crippen molar-refractivity contribution in [1.29, 1.82) is 0 Å². The molecule has 7 atom stereocenters. The fourth-order valence-electron chi connectivity index (χ4n) is 6.61. The maximum Gasteiger partial charge on any atom is 0.311 e. The molecule has 258 valence electrons. The van der Waals surface area contributed by atoms with Gasteiger partial charge < -0.3 is 33.2 Å². The Balaban J connectivity index is 1.84. The number of fused-ring (bicyclic) bond motifs is 1. The smallest absolute Gasteiger partial charge is 0.311 e. The van der Waals surface area contributed by atoms with E-state index in [0.717, 1.165) is 17.9 Å². The van der Waals surface area contributed by atoms with Crippen LogP contribution in [0.1, 0.15) is 60.8 Å². The van der Waals surface area contributed by atoms with E-state index in [4.69, 9.17) is 33.2 Å². The molecular weight excluding hydrogens is 596 g/mol. The number of rotatable bonds is 11. The summed E-state index contributed by atoms with van der Waals surface area (Å²) in [6, 6.07) is 15.0. The first kappa shape index (κ1) is 36.3. The average Bonchev–Trinajstić information content (AvgIpc) is 3.04. The van der Waals surface area contributed by atoms with Crippen LogP contribution in [-0.4, -0.2) is 58.5 Å². The van der Waals surface area contributed by atoms with Crippen LogP contribution >= 0.6 is 0 Å². The van der Waals surface area contributed by atoms with Crippen LogP contribution in [0.3, 0.4) is 0 Å². The van der Waals surface area contributed by atoms with E-state index < -0.39 is 23.7 Å². The third kappa shape index (κ3) is 9.77. The lowest BCUT2D eigenvalue weighted by Gasteiger charge is -2.44. The predicted octanol–water partition coefficient (Wildman–Crippen LogP) is 8.05. The number of esters is 1. The molecule has 0 spiro atoms. The van der Waals surface area contributed by atoms with Crippen molar-refractivity contribution in [2.45, 2.75) is 85.2 Å². The molecule has 0 N–H and O–H groups in total. The van der Waals surface area contributed by atoms with Gasteiger partial charge in [-0.05, 0) is 131 Å². The normalized spacial score (nSPS) is 27.2. The van der Waals surface area contributed by atoms with Crippen LogP contribution in [0, 0.1) is 29.1 Å². The topological polar surface area (TPSA) is 81.7 Å². The molecule has 0 heterocycles. The number of hydrogen-bond acceptors (Lipinski definition) is 8. The maximum atomic E-state index is 13.5. The summed E-state index contributed by atoms with van der Waals surface area (Å²) in [5.74, 6) is 3.73. The molecule has 8 heteroatoms. The van der Waals surface area contributed by atoms with Crippen LogP contribution in [0.5, 0.6) is 23.0 Å². The van der Waals surface area contributed by atoms with Gasteiger partial charge in [-0.3, -0.25) is 4.79 Å². The highest BCUT2D eigenvalue weighted by molar-refractivity contribution is 5.75. The van der Waals surface area contributed by atoms with Gasteiger partial charge in [-0.25, -0.2) is 0 Å². The van der Waals surface area contributed by atoms with Crippen molar-refractivity contribution in [1.82, 2.24) is 0 Å². The van der Waals surface area contributed by atoms with Crippen LogP contribution < -0.4 is 18.9 Å². The Hall–Kier alpha value is -3.49. The molecule has 0 unspecified atom stereocenters. The van der Waals surface area contributed by atoms with Crippen LogP contribution in [-0.2, 0) is 19.0 Å². The van der Waals surface area contributed by atoms with Crippen molar-refractivity contribution < 1.29 is 38.0 Å². The first-order chi connectivity index (χ1) is 22.4. The number of benzene rings is 2. The summed E-state index contributed by atoms with van der Waals surface area (Å²) in [6.07, 6.45) is 6.70. The minimum absolute atomic E-state index is 0.131. The summed E-state index contributed by atoms with van der Waals surface area (Å²) in [5.41, 5.74) is 0.640. The molecule has 0 aromatic heterocycles. The fraction of sp³-hybridized carbons (Fsp3) is 0.564. The molecule has 4 rings (SSSR count). The zero-order valence-electron chi connectivity index (χ0n) is 29.6. The maximum absolute atomic E-state index is 13.5. The van der Waals surface area contributed by atoms with E-state index >= 15 is 0 Å². The monoisotopic (exact) mass is 650 g/mol. The molecule has 8 nitrogen and oxygen atoms in total. The first-order valence-electron chi connectivity index (χ1n) is 16.7. The molecule has 0 saturated heterocycles. The van der Waals surface area contributed by atoms with Gasteiger partial charge in [0.05, 0.1) is 19.6 Å². The van der Waals surface area contributed by atoms with E-state index in [1.54, 1.807) is 21.3 Å². The quantitative estimate of drug-likeness (QED) is 0.137. The zero-order valence-corrected chi connectivity index (χ0v) is 29.6. The summed E-state index contributed by atoms with van der Waals surface area (Å²) in [4.78, 5) is 13.5. The standard InChI is InChI=1S/C39H54O8/c1-25(2)31-19-10-26(3)32-22-36(44-24-41-7)34(45-29-15-11-27(42-8)12-16-29)20-21-35(46-30-17-13-28(43-9)14-18-30)37(23-33(31)32)47-38(40)39(4,5)6/h10-18,20-21,25,31-37H,19,22-24H2,1-9H3/b21-20+/t31-,32+,33-,34-,35+,36+,37-/m1/s1. The number of methoxy groups -OCH3 is 3. The van der Waals surface area contributed by atoms with Crippen molar-refractivity contribution in [2.75, 3.05) is 28.1 Å².